The first-order valence-electron chi connectivity index (χ1n) is 3.00. The molecule has 0 aliphatic heterocycles. The molecule has 0 amide bonds. The summed E-state index contributed by atoms with van der Waals surface area (Å²) in [4.78, 5) is 0. The summed E-state index contributed by atoms with van der Waals surface area (Å²) in [7, 11) is 0. The molecule has 0 heterocycles. The standard InChI is InChI=1S/C8H7ClN2/c1-2-6-3-4-7(9)8(5-6)11-10/h1,3-5,11H,10H2. The molecule has 3 heteroatoms. The highest BCUT2D eigenvalue weighted by molar-refractivity contribution is 6.33. The molecular formula is C8H7ClN2. The zero-order valence-electron chi connectivity index (χ0n) is 5.76. The van der Waals surface area contributed by atoms with Crippen LogP contribution < -0.4 is 11.3 Å². The van der Waals surface area contributed by atoms with Gasteiger partial charge in [0.05, 0.1) is 10.7 Å². The number of benzene rings is 1. The predicted octanol–water partition coefficient (Wildman–Crippen LogP) is 1.61. The van der Waals surface area contributed by atoms with Gasteiger partial charge in [0.15, 0.2) is 0 Å². The Labute approximate surface area is 70.3 Å². The lowest BCUT2D eigenvalue weighted by molar-refractivity contribution is 1.35. The lowest BCUT2D eigenvalue weighted by Crippen LogP contribution is -2.07. The second kappa shape index (κ2) is 3.29. The molecule has 0 spiro atoms. The Balaban J connectivity index is 3.15. The first-order valence-corrected chi connectivity index (χ1v) is 3.38. The zero-order valence-corrected chi connectivity index (χ0v) is 6.52. The highest BCUT2D eigenvalue weighted by atomic mass is 35.5. The lowest BCUT2D eigenvalue weighted by Gasteiger charge is -2.02. The molecule has 0 aromatic heterocycles. The minimum Gasteiger partial charge on any atom is -0.323 e. The monoisotopic (exact) mass is 166 g/mol. The summed E-state index contributed by atoms with van der Waals surface area (Å²) < 4.78 is 0. The zero-order chi connectivity index (χ0) is 8.27. The van der Waals surface area contributed by atoms with Crippen LogP contribution in [0.4, 0.5) is 5.69 Å². The van der Waals surface area contributed by atoms with E-state index < -0.39 is 0 Å². The number of hydrogen-bond acceptors (Lipinski definition) is 2. The van der Waals surface area contributed by atoms with Gasteiger partial charge in [0.2, 0.25) is 0 Å². The number of anilines is 1. The molecule has 1 aromatic carbocycles. The Bertz CT molecular complexity index is 301. The largest absolute Gasteiger partial charge is 0.323 e. The molecule has 3 N–H and O–H groups in total. The van der Waals surface area contributed by atoms with Crippen LogP contribution in [0, 0.1) is 12.3 Å². The van der Waals surface area contributed by atoms with E-state index in [1.807, 2.05) is 0 Å². The van der Waals surface area contributed by atoms with E-state index in [2.05, 4.69) is 11.3 Å². The molecule has 1 rings (SSSR count). The molecule has 0 fully saturated rings. The maximum Gasteiger partial charge on any atom is 0.0684 e. The third-order valence-electron chi connectivity index (χ3n) is 1.29. The summed E-state index contributed by atoms with van der Waals surface area (Å²) >= 11 is 5.74. The topological polar surface area (TPSA) is 38.0 Å². The molecule has 2 nitrogen and oxygen atoms in total. The third-order valence-corrected chi connectivity index (χ3v) is 1.62. The molecule has 56 valence electrons. The molecule has 1 aromatic rings. The summed E-state index contributed by atoms with van der Waals surface area (Å²) in [5.74, 6) is 7.65. The number of nitrogens with one attached hydrogen (secondary N) is 1. The van der Waals surface area contributed by atoms with E-state index in [1.54, 1.807) is 18.2 Å². The van der Waals surface area contributed by atoms with Crippen molar-refractivity contribution >= 4 is 17.3 Å². The Morgan fingerprint density at radius 2 is 2.27 bits per heavy atom. The Hall–Kier alpha value is -1.17. The van der Waals surface area contributed by atoms with E-state index in [9.17, 15) is 0 Å². The van der Waals surface area contributed by atoms with Crippen molar-refractivity contribution in [2.75, 3.05) is 5.43 Å². The molecule has 0 radical (unpaired) electrons. The summed E-state index contributed by atoms with van der Waals surface area (Å²) in [6.07, 6.45) is 5.16. The fraction of sp³-hybridized carbons (Fsp3) is 0. The molecule has 0 bridgehead atoms. The van der Waals surface area contributed by atoms with Gasteiger partial charge in [-0.3, -0.25) is 5.84 Å². The molecular weight excluding hydrogens is 160 g/mol. The van der Waals surface area contributed by atoms with Gasteiger partial charge >= 0.3 is 0 Å². The van der Waals surface area contributed by atoms with Crippen LogP contribution in [0.2, 0.25) is 5.02 Å². The highest BCUT2D eigenvalue weighted by Crippen LogP contribution is 2.21. The maximum absolute atomic E-state index is 5.74. The van der Waals surface area contributed by atoms with Gasteiger partial charge in [-0.25, -0.2) is 0 Å². The minimum absolute atomic E-state index is 0.562. The van der Waals surface area contributed by atoms with Crippen molar-refractivity contribution in [3.05, 3.63) is 28.8 Å². The molecule has 0 aliphatic rings. The number of halogens is 1. The van der Waals surface area contributed by atoms with Gasteiger partial charge in [0.25, 0.3) is 0 Å². The van der Waals surface area contributed by atoms with E-state index in [0.717, 1.165) is 5.56 Å². The van der Waals surface area contributed by atoms with Gasteiger partial charge in [-0.05, 0) is 18.2 Å². The SMILES string of the molecule is C#Cc1ccc(Cl)c(NN)c1. The number of nitrogens with two attached hydrogens (primary N) is 1. The number of terminal acetylenes is 1. The van der Waals surface area contributed by atoms with Crippen molar-refractivity contribution in [3.8, 4) is 12.3 Å². The second-order valence-electron chi connectivity index (χ2n) is 1.98. The van der Waals surface area contributed by atoms with Gasteiger partial charge in [0.1, 0.15) is 0 Å². The van der Waals surface area contributed by atoms with Gasteiger partial charge in [-0.2, -0.15) is 0 Å². The molecule has 0 saturated carbocycles. The highest BCUT2D eigenvalue weighted by Gasteiger charge is 1.97. The Kier molecular flexibility index (Phi) is 2.37. The molecule has 0 aliphatic carbocycles. The number of hydrazine groups is 1. The van der Waals surface area contributed by atoms with Crippen LogP contribution in [0.5, 0.6) is 0 Å². The molecule has 0 saturated heterocycles. The van der Waals surface area contributed by atoms with Gasteiger partial charge in [-0.1, -0.05) is 17.5 Å². The Morgan fingerprint density at radius 1 is 1.55 bits per heavy atom. The van der Waals surface area contributed by atoms with Crippen LogP contribution in [0.3, 0.4) is 0 Å². The molecule has 0 atom stereocenters. The van der Waals surface area contributed by atoms with Gasteiger partial charge in [0, 0.05) is 5.56 Å². The summed E-state index contributed by atoms with van der Waals surface area (Å²) in [5.41, 5.74) is 3.84. The van der Waals surface area contributed by atoms with Crippen molar-refractivity contribution in [2.45, 2.75) is 0 Å². The van der Waals surface area contributed by atoms with Crippen LogP contribution in [0.1, 0.15) is 5.56 Å². The van der Waals surface area contributed by atoms with Gasteiger partial charge in [-0.15, -0.1) is 6.42 Å². The van der Waals surface area contributed by atoms with E-state index in [1.165, 1.54) is 0 Å². The summed E-state index contributed by atoms with van der Waals surface area (Å²) in [6, 6.07) is 5.16. The second-order valence-corrected chi connectivity index (χ2v) is 2.39. The summed E-state index contributed by atoms with van der Waals surface area (Å²) in [6.45, 7) is 0. The molecule has 0 unspecified atom stereocenters. The normalized spacial score (nSPS) is 8.82. The van der Waals surface area contributed by atoms with E-state index in [-0.39, 0.29) is 0 Å². The van der Waals surface area contributed by atoms with Crippen LogP contribution in [-0.4, -0.2) is 0 Å². The fourth-order valence-corrected chi connectivity index (χ4v) is 0.898. The van der Waals surface area contributed by atoms with Crippen LogP contribution >= 0.6 is 11.6 Å². The smallest absolute Gasteiger partial charge is 0.0684 e. The van der Waals surface area contributed by atoms with Crippen molar-refractivity contribution < 1.29 is 0 Å². The molecule has 11 heavy (non-hydrogen) atoms. The van der Waals surface area contributed by atoms with Crippen molar-refractivity contribution in [2.24, 2.45) is 5.84 Å². The van der Waals surface area contributed by atoms with E-state index in [4.69, 9.17) is 23.9 Å². The van der Waals surface area contributed by atoms with Crippen molar-refractivity contribution in [1.82, 2.24) is 0 Å². The van der Waals surface area contributed by atoms with Crippen molar-refractivity contribution in [1.29, 1.82) is 0 Å². The van der Waals surface area contributed by atoms with Crippen molar-refractivity contribution in [3.63, 3.8) is 0 Å². The first-order chi connectivity index (χ1) is 5.27. The average molecular weight is 167 g/mol. The maximum atomic E-state index is 5.74. The van der Waals surface area contributed by atoms with Gasteiger partial charge < -0.3 is 5.43 Å². The van der Waals surface area contributed by atoms with E-state index in [0.29, 0.717) is 10.7 Å². The predicted molar refractivity (Wildman–Crippen MR) is 47.2 cm³/mol. The average Bonchev–Trinajstić information content (AvgIpc) is 2.05. The minimum atomic E-state index is 0.562. The number of rotatable bonds is 1. The van der Waals surface area contributed by atoms with Crippen LogP contribution in [0.15, 0.2) is 18.2 Å². The Morgan fingerprint density at radius 3 is 2.82 bits per heavy atom. The summed E-state index contributed by atoms with van der Waals surface area (Å²) in [5, 5.41) is 0.562. The third kappa shape index (κ3) is 1.64. The first kappa shape index (κ1) is 7.93. The number of nitrogen functional groups attached to an aromatic ring is 1. The quantitative estimate of drug-likeness (QED) is 0.378. The van der Waals surface area contributed by atoms with Crippen LogP contribution in [0.25, 0.3) is 0 Å². The fourth-order valence-electron chi connectivity index (χ4n) is 0.726. The number of hydrogen-bond donors (Lipinski definition) is 2. The lowest BCUT2D eigenvalue weighted by atomic mass is 10.2. The van der Waals surface area contributed by atoms with E-state index >= 15 is 0 Å². The van der Waals surface area contributed by atoms with Crippen LogP contribution in [-0.2, 0) is 0 Å².